The molecule has 0 heterocycles. The SMILES string of the molecule is CC1CC[C](C2CC[C](C(=O)Oc3cc(F)c(F)c(F)c3)CC2)CC1. The number of hydrogen-bond acceptors (Lipinski definition) is 2. The van der Waals surface area contributed by atoms with Gasteiger partial charge in [0.1, 0.15) is 5.75 Å². The summed E-state index contributed by atoms with van der Waals surface area (Å²) in [5, 5.41) is 0. The molecule has 136 valence electrons. The highest BCUT2D eigenvalue weighted by Gasteiger charge is 2.34. The molecule has 3 rings (SSSR count). The van der Waals surface area contributed by atoms with Crippen molar-refractivity contribution in [2.75, 3.05) is 0 Å². The van der Waals surface area contributed by atoms with Crippen LogP contribution < -0.4 is 4.74 Å². The first-order chi connectivity index (χ1) is 11.9. The van der Waals surface area contributed by atoms with Crippen molar-refractivity contribution in [3.8, 4) is 5.75 Å². The highest BCUT2D eigenvalue weighted by Crippen LogP contribution is 2.43. The Morgan fingerprint density at radius 3 is 2.08 bits per heavy atom. The molecule has 2 aliphatic rings. The van der Waals surface area contributed by atoms with Crippen LogP contribution in [0.2, 0.25) is 0 Å². The lowest BCUT2D eigenvalue weighted by Gasteiger charge is -2.36. The second kappa shape index (κ2) is 7.79. The van der Waals surface area contributed by atoms with E-state index in [1.807, 2.05) is 0 Å². The number of benzene rings is 1. The zero-order chi connectivity index (χ0) is 18.0. The smallest absolute Gasteiger partial charge is 0.318 e. The lowest BCUT2D eigenvalue weighted by Crippen LogP contribution is -2.28. The summed E-state index contributed by atoms with van der Waals surface area (Å²) in [4.78, 5) is 12.2. The molecule has 2 radical (unpaired) electrons. The van der Waals surface area contributed by atoms with Crippen LogP contribution in [0.1, 0.15) is 58.3 Å². The molecule has 0 aromatic heterocycles. The van der Waals surface area contributed by atoms with Crippen LogP contribution in [-0.4, -0.2) is 5.97 Å². The molecule has 2 nitrogen and oxygen atoms in total. The van der Waals surface area contributed by atoms with Gasteiger partial charge < -0.3 is 4.74 Å². The lowest BCUT2D eigenvalue weighted by atomic mass is 9.69. The van der Waals surface area contributed by atoms with Crippen LogP contribution in [0, 0.1) is 41.1 Å². The summed E-state index contributed by atoms with van der Waals surface area (Å²) in [5.41, 5.74) is 0. The van der Waals surface area contributed by atoms with Crippen LogP contribution in [0.15, 0.2) is 12.1 Å². The van der Waals surface area contributed by atoms with Gasteiger partial charge in [-0.25, -0.2) is 13.2 Å². The standard InChI is InChI=1S/C20H23F3O2/c1-12-2-4-13(5-3-12)14-6-8-15(9-7-14)20(24)25-16-10-17(21)19(23)18(22)11-16/h10-12,14H,2-9H2,1H3. The van der Waals surface area contributed by atoms with Crippen LogP contribution >= 0.6 is 0 Å². The van der Waals surface area contributed by atoms with E-state index in [0.717, 1.165) is 18.8 Å². The fourth-order valence-electron chi connectivity index (χ4n) is 3.89. The van der Waals surface area contributed by atoms with E-state index >= 15 is 0 Å². The van der Waals surface area contributed by atoms with Crippen LogP contribution in [0.4, 0.5) is 13.2 Å². The molecule has 5 heteroatoms. The van der Waals surface area contributed by atoms with E-state index in [0.29, 0.717) is 36.8 Å². The Kier molecular flexibility index (Phi) is 5.70. The van der Waals surface area contributed by atoms with Crippen LogP contribution in [0.5, 0.6) is 5.75 Å². The molecular formula is C20H23F3O2. The number of carbonyl (C=O) groups excluding carboxylic acids is 1. The Bertz CT molecular complexity index is 592. The Morgan fingerprint density at radius 1 is 0.960 bits per heavy atom. The second-order valence-electron chi connectivity index (χ2n) is 7.31. The molecule has 2 fully saturated rings. The van der Waals surface area contributed by atoms with Crippen molar-refractivity contribution >= 4 is 5.97 Å². The summed E-state index contributed by atoms with van der Waals surface area (Å²) in [7, 11) is 0. The summed E-state index contributed by atoms with van der Waals surface area (Å²) in [6, 6.07) is 1.39. The third-order valence-corrected chi connectivity index (χ3v) is 5.54. The maximum atomic E-state index is 13.2. The van der Waals surface area contributed by atoms with Crippen molar-refractivity contribution in [3.63, 3.8) is 0 Å². The maximum Gasteiger partial charge on any atom is 0.318 e. The first-order valence-electron chi connectivity index (χ1n) is 9.00. The minimum atomic E-state index is -1.56. The molecule has 0 aliphatic heterocycles. The summed E-state index contributed by atoms with van der Waals surface area (Å²) in [6.07, 6.45) is 8.06. The van der Waals surface area contributed by atoms with Gasteiger partial charge in [-0.1, -0.05) is 19.8 Å². The molecule has 0 saturated heterocycles. The molecule has 25 heavy (non-hydrogen) atoms. The molecule has 0 unspecified atom stereocenters. The molecule has 0 bridgehead atoms. The van der Waals surface area contributed by atoms with Crippen molar-refractivity contribution in [2.45, 2.75) is 58.3 Å². The Hall–Kier alpha value is -1.52. The number of carbonyl (C=O) groups is 1. The Morgan fingerprint density at radius 2 is 1.52 bits per heavy atom. The summed E-state index contributed by atoms with van der Waals surface area (Å²) in [6.45, 7) is 2.29. The van der Waals surface area contributed by atoms with Crippen molar-refractivity contribution < 1.29 is 22.7 Å². The first kappa shape index (κ1) is 18.3. The maximum absolute atomic E-state index is 13.2. The molecule has 0 amide bonds. The van der Waals surface area contributed by atoms with E-state index in [4.69, 9.17) is 4.74 Å². The van der Waals surface area contributed by atoms with E-state index in [1.165, 1.54) is 25.7 Å². The Labute approximate surface area is 146 Å². The van der Waals surface area contributed by atoms with Crippen LogP contribution in [-0.2, 0) is 4.79 Å². The fraction of sp³-hybridized carbons (Fsp3) is 0.550. The Balaban J connectivity index is 1.52. The first-order valence-corrected chi connectivity index (χ1v) is 9.00. The quantitative estimate of drug-likeness (QED) is 0.404. The normalized spacial score (nSPS) is 21.4. The van der Waals surface area contributed by atoms with E-state index in [-0.39, 0.29) is 5.75 Å². The van der Waals surface area contributed by atoms with Crippen molar-refractivity contribution in [2.24, 2.45) is 11.8 Å². The van der Waals surface area contributed by atoms with E-state index in [1.54, 1.807) is 5.92 Å². The molecule has 2 aliphatic carbocycles. The fourth-order valence-corrected chi connectivity index (χ4v) is 3.89. The average Bonchev–Trinajstić information content (AvgIpc) is 2.60. The monoisotopic (exact) mass is 352 g/mol. The predicted octanol–water partition coefficient (Wildman–Crippen LogP) is 5.56. The zero-order valence-corrected chi connectivity index (χ0v) is 14.4. The number of ether oxygens (including phenoxy) is 1. The van der Waals surface area contributed by atoms with Gasteiger partial charge in [0.25, 0.3) is 0 Å². The van der Waals surface area contributed by atoms with Crippen molar-refractivity contribution in [3.05, 3.63) is 41.4 Å². The lowest BCUT2D eigenvalue weighted by molar-refractivity contribution is -0.133. The van der Waals surface area contributed by atoms with Gasteiger partial charge >= 0.3 is 5.97 Å². The number of esters is 1. The van der Waals surface area contributed by atoms with E-state index in [9.17, 15) is 18.0 Å². The summed E-state index contributed by atoms with van der Waals surface area (Å²) < 4.78 is 44.4. The van der Waals surface area contributed by atoms with Gasteiger partial charge in [-0.15, -0.1) is 0 Å². The molecule has 1 aromatic carbocycles. The highest BCUT2D eigenvalue weighted by atomic mass is 19.2. The van der Waals surface area contributed by atoms with Gasteiger partial charge in [0.05, 0.1) is 5.92 Å². The van der Waals surface area contributed by atoms with Gasteiger partial charge in [-0.2, -0.15) is 0 Å². The third kappa shape index (κ3) is 4.36. The molecule has 0 spiro atoms. The van der Waals surface area contributed by atoms with Gasteiger partial charge in [0.15, 0.2) is 17.5 Å². The van der Waals surface area contributed by atoms with Gasteiger partial charge in [-0.05, 0) is 56.3 Å². The topological polar surface area (TPSA) is 26.3 Å². The van der Waals surface area contributed by atoms with E-state index < -0.39 is 23.4 Å². The minimum absolute atomic E-state index is 0.299. The summed E-state index contributed by atoms with van der Waals surface area (Å²) in [5.74, 6) is -1.49. The highest BCUT2D eigenvalue weighted by molar-refractivity contribution is 5.86. The van der Waals surface area contributed by atoms with Gasteiger partial charge in [-0.3, -0.25) is 4.79 Å². The number of rotatable bonds is 3. The average molecular weight is 352 g/mol. The summed E-state index contributed by atoms with van der Waals surface area (Å²) >= 11 is 0. The van der Waals surface area contributed by atoms with Gasteiger partial charge in [0, 0.05) is 12.1 Å². The van der Waals surface area contributed by atoms with Crippen LogP contribution in [0.3, 0.4) is 0 Å². The van der Waals surface area contributed by atoms with Crippen molar-refractivity contribution in [1.29, 1.82) is 0 Å². The van der Waals surface area contributed by atoms with Gasteiger partial charge in [0.2, 0.25) is 0 Å². The molecule has 1 aromatic rings. The zero-order valence-electron chi connectivity index (χ0n) is 14.4. The van der Waals surface area contributed by atoms with Crippen LogP contribution in [0.25, 0.3) is 0 Å². The largest absolute Gasteiger partial charge is 0.426 e. The number of hydrogen-bond donors (Lipinski definition) is 0. The number of halogens is 3. The minimum Gasteiger partial charge on any atom is -0.426 e. The second-order valence-corrected chi connectivity index (χ2v) is 7.31. The predicted molar refractivity (Wildman–Crippen MR) is 88.0 cm³/mol. The molecule has 2 saturated carbocycles. The molecular weight excluding hydrogens is 329 g/mol. The third-order valence-electron chi connectivity index (χ3n) is 5.54. The van der Waals surface area contributed by atoms with E-state index in [2.05, 4.69) is 6.92 Å². The molecule has 0 atom stereocenters. The molecule has 0 N–H and O–H groups in total. The van der Waals surface area contributed by atoms with Crippen molar-refractivity contribution in [1.82, 2.24) is 0 Å².